The van der Waals surface area contributed by atoms with Crippen LogP contribution in [0.5, 0.6) is 0 Å². The Morgan fingerprint density at radius 2 is 2.00 bits per heavy atom. The SMILES string of the molecule is Cc1cc(C2(N)CC2)cc(C#N)c1C. The lowest BCUT2D eigenvalue weighted by Crippen LogP contribution is -2.19. The van der Waals surface area contributed by atoms with Crippen LogP contribution in [0.15, 0.2) is 12.1 Å². The summed E-state index contributed by atoms with van der Waals surface area (Å²) in [5.41, 5.74) is 10.1. The summed E-state index contributed by atoms with van der Waals surface area (Å²) in [6.07, 6.45) is 2.08. The minimum absolute atomic E-state index is 0.135. The van der Waals surface area contributed by atoms with E-state index < -0.39 is 0 Å². The van der Waals surface area contributed by atoms with Crippen LogP contribution in [0.25, 0.3) is 0 Å². The molecule has 1 aliphatic carbocycles. The molecule has 0 radical (unpaired) electrons. The van der Waals surface area contributed by atoms with Crippen LogP contribution in [0.1, 0.15) is 35.1 Å². The number of nitrogens with two attached hydrogens (primary N) is 1. The van der Waals surface area contributed by atoms with E-state index in [1.54, 1.807) is 0 Å². The van der Waals surface area contributed by atoms with Crippen LogP contribution in [0.3, 0.4) is 0 Å². The Morgan fingerprint density at radius 3 is 2.50 bits per heavy atom. The van der Waals surface area contributed by atoms with Gasteiger partial charge in [-0.15, -0.1) is 0 Å². The average Bonchev–Trinajstić information content (AvgIpc) is 2.89. The van der Waals surface area contributed by atoms with Crippen molar-refractivity contribution in [1.82, 2.24) is 0 Å². The summed E-state index contributed by atoms with van der Waals surface area (Å²) < 4.78 is 0. The van der Waals surface area contributed by atoms with Crippen molar-refractivity contribution in [1.29, 1.82) is 5.26 Å². The van der Waals surface area contributed by atoms with Crippen LogP contribution in [-0.4, -0.2) is 0 Å². The van der Waals surface area contributed by atoms with Gasteiger partial charge in [0.1, 0.15) is 0 Å². The van der Waals surface area contributed by atoms with E-state index in [1.807, 2.05) is 19.9 Å². The van der Waals surface area contributed by atoms with Crippen molar-refractivity contribution in [3.63, 3.8) is 0 Å². The van der Waals surface area contributed by atoms with Gasteiger partial charge in [-0.05, 0) is 49.4 Å². The van der Waals surface area contributed by atoms with E-state index in [-0.39, 0.29) is 5.54 Å². The minimum atomic E-state index is -0.135. The lowest BCUT2D eigenvalue weighted by atomic mass is 9.96. The quantitative estimate of drug-likeness (QED) is 0.730. The Balaban J connectivity index is 2.56. The molecular weight excluding hydrogens is 172 g/mol. The molecule has 72 valence electrons. The van der Waals surface area contributed by atoms with E-state index in [9.17, 15) is 0 Å². The van der Waals surface area contributed by atoms with Crippen LogP contribution < -0.4 is 5.73 Å². The molecule has 0 unspecified atom stereocenters. The fourth-order valence-electron chi connectivity index (χ4n) is 1.69. The van der Waals surface area contributed by atoms with Crippen molar-refractivity contribution in [2.24, 2.45) is 5.73 Å². The zero-order valence-electron chi connectivity index (χ0n) is 8.59. The number of benzene rings is 1. The fourth-order valence-corrected chi connectivity index (χ4v) is 1.69. The van der Waals surface area contributed by atoms with Gasteiger partial charge in [-0.2, -0.15) is 5.26 Å². The molecule has 0 amide bonds. The van der Waals surface area contributed by atoms with Crippen molar-refractivity contribution in [3.8, 4) is 6.07 Å². The molecule has 1 fully saturated rings. The molecule has 1 aliphatic rings. The van der Waals surface area contributed by atoms with Gasteiger partial charge in [0.15, 0.2) is 0 Å². The predicted molar refractivity (Wildman–Crippen MR) is 55.7 cm³/mol. The second-order valence-electron chi connectivity index (χ2n) is 4.23. The molecule has 0 aliphatic heterocycles. The Morgan fingerprint density at radius 1 is 1.36 bits per heavy atom. The summed E-state index contributed by atoms with van der Waals surface area (Å²) in [7, 11) is 0. The average molecular weight is 186 g/mol. The molecule has 2 N–H and O–H groups in total. The van der Waals surface area contributed by atoms with E-state index in [1.165, 1.54) is 0 Å². The Hall–Kier alpha value is -1.33. The van der Waals surface area contributed by atoms with E-state index in [2.05, 4.69) is 12.1 Å². The van der Waals surface area contributed by atoms with E-state index >= 15 is 0 Å². The second kappa shape index (κ2) is 2.83. The zero-order valence-corrected chi connectivity index (χ0v) is 8.59. The van der Waals surface area contributed by atoms with Gasteiger partial charge in [0, 0.05) is 5.54 Å². The largest absolute Gasteiger partial charge is 0.321 e. The molecule has 0 saturated heterocycles. The summed E-state index contributed by atoms with van der Waals surface area (Å²) in [4.78, 5) is 0. The molecule has 1 aromatic rings. The van der Waals surface area contributed by atoms with E-state index in [0.29, 0.717) is 0 Å². The third-order valence-corrected chi connectivity index (χ3v) is 3.15. The van der Waals surface area contributed by atoms with Gasteiger partial charge in [-0.1, -0.05) is 6.07 Å². The Kier molecular flexibility index (Phi) is 1.87. The van der Waals surface area contributed by atoms with Crippen molar-refractivity contribution in [2.45, 2.75) is 32.2 Å². The van der Waals surface area contributed by atoms with Crippen molar-refractivity contribution < 1.29 is 0 Å². The standard InChI is InChI=1S/C12H14N2/c1-8-5-11(12(14)3-4-12)6-10(7-13)9(8)2/h5-6H,3-4,14H2,1-2H3. The summed E-state index contributed by atoms with van der Waals surface area (Å²) in [6, 6.07) is 6.27. The van der Waals surface area contributed by atoms with Gasteiger partial charge in [-0.25, -0.2) is 0 Å². The van der Waals surface area contributed by atoms with Crippen LogP contribution in [0.4, 0.5) is 0 Å². The summed E-state index contributed by atoms with van der Waals surface area (Å²) in [6.45, 7) is 4.01. The normalized spacial score (nSPS) is 17.6. The number of nitrogens with zero attached hydrogens (tertiary/aromatic N) is 1. The van der Waals surface area contributed by atoms with E-state index in [4.69, 9.17) is 11.0 Å². The predicted octanol–water partition coefficient (Wildman–Crippen LogP) is 2.12. The first-order valence-electron chi connectivity index (χ1n) is 4.87. The van der Waals surface area contributed by atoms with Crippen molar-refractivity contribution in [3.05, 3.63) is 34.4 Å². The maximum atomic E-state index is 8.96. The zero-order chi connectivity index (χ0) is 10.3. The molecule has 2 rings (SSSR count). The number of hydrogen-bond donors (Lipinski definition) is 1. The van der Waals surface area contributed by atoms with Gasteiger partial charge in [0.05, 0.1) is 11.6 Å². The third kappa shape index (κ3) is 1.30. The van der Waals surface area contributed by atoms with Crippen molar-refractivity contribution >= 4 is 0 Å². The monoisotopic (exact) mass is 186 g/mol. The van der Waals surface area contributed by atoms with Crippen LogP contribution in [0, 0.1) is 25.2 Å². The molecule has 0 atom stereocenters. The maximum absolute atomic E-state index is 8.96. The molecule has 0 spiro atoms. The highest BCUT2D eigenvalue weighted by molar-refractivity contribution is 5.47. The van der Waals surface area contributed by atoms with Gasteiger partial charge in [-0.3, -0.25) is 0 Å². The molecule has 1 aromatic carbocycles. The maximum Gasteiger partial charge on any atom is 0.0994 e. The molecule has 0 heterocycles. The topological polar surface area (TPSA) is 49.8 Å². The number of nitriles is 1. The third-order valence-electron chi connectivity index (χ3n) is 3.15. The highest BCUT2D eigenvalue weighted by atomic mass is 14.8. The van der Waals surface area contributed by atoms with Crippen LogP contribution in [0.2, 0.25) is 0 Å². The first-order valence-corrected chi connectivity index (χ1v) is 4.87. The number of rotatable bonds is 1. The highest BCUT2D eigenvalue weighted by Gasteiger charge is 2.40. The Bertz CT molecular complexity index is 423. The second-order valence-corrected chi connectivity index (χ2v) is 4.23. The lowest BCUT2D eigenvalue weighted by Gasteiger charge is -2.12. The van der Waals surface area contributed by atoms with Crippen LogP contribution >= 0.6 is 0 Å². The van der Waals surface area contributed by atoms with Gasteiger partial charge in [0.25, 0.3) is 0 Å². The molecule has 0 bridgehead atoms. The van der Waals surface area contributed by atoms with Crippen molar-refractivity contribution in [2.75, 3.05) is 0 Å². The fraction of sp³-hybridized carbons (Fsp3) is 0.417. The Labute approximate surface area is 84.3 Å². The van der Waals surface area contributed by atoms with E-state index in [0.717, 1.165) is 35.1 Å². The summed E-state index contributed by atoms with van der Waals surface area (Å²) >= 11 is 0. The molecule has 2 heteroatoms. The lowest BCUT2D eigenvalue weighted by molar-refractivity contribution is 0.738. The minimum Gasteiger partial charge on any atom is -0.321 e. The first-order chi connectivity index (χ1) is 6.57. The first kappa shape index (κ1) is 9.23. The molecule has 14 heavy (non-hydrogen) atoms. The number of hydrogen-bond acceptors (Lipinski definition) is 2. The molecule has 2 nitrogen and oxygen atoms in total. The molecule has 0 aromatic heterocycles. The number of aryl methyl sites for hydroxylation is 1. The molecule has 1 saturated carbocycles. The van der Waals surface area contributed by atoms with Crippen LogP contribution in [-0.2, 0) is 5.54 Å². The highest BCUT2D eigenvalue weighted by Crippen LogP contribution is 2.43. The molecular formula is C12H14N2. The summed E-state index contributed by atoms with van der Waals surface area (Å²) in [5, 5.41) is 8.96. The van der Waals surface area contributed by atoms with Gasteiger partial charge >= 0.3 is 0 Å². The van der Waals surface area contributed by atoms with Gasteiger partial charge < -0.3 is 5.73 Å². The summed E-state index contributed by atoms with van der Waals surface area (Å²) in [5.74, 6) is 0. The van der Waals surface area contributed by atoms with Gasteiger partial charge in [0.2, 0.25) is 0 Å². The smallest absolute Gasteiger partial charge is 0.0994 e.